The van der Waals surface area contributed by atoms with Gasteiger partial charge in [-0.05, 0) is 55.0 Å². The number of fused-ring (bicyclic) bond motifs is 1. The van der Waals surface area contributed by atoms with Crippen LogP contribution in [0.1, 0.15) is 21.6 Å². The van der Waals surface area contributed by atoms with Crippen molar-refractivity contribution in [3.05, 3.63) is 64.3 Å². The molecule has 0 fully saturated rings. The summed E-state index contributed by atoms with van der Waals surface area (Å²) < 4.78 is 21.0. The number of methoxy groups -OCH3 is 1. The standard InChI is InChI=1S/C19H16ClNO4.C4H12N3O4P/c1-11-15(10-18(22)23)16-9-14(25-2)7-8-17(16)21(11)19(24)12-3-5-13(20)6-4-12;1-7(4(5)6)2-3-11-12(8,9)10/h3-9H,10H2,1-2H3,(H,22,23);2-3H2,1H3,(H3,5,6)(H2,8,9,10). The molecule has 1 heterocycles. The Morgan fingerprint density at radius 2 is 1.81 bits per heavy atom. The summed E-state index contributed by atoms with van der Waals surface area (Å²) in [6.07, 6.45) is -0.170. The molecule has 0 spiro atoms. The summed E-state index contributed by atoms with van der Waals surface area (Å²) in [6.45, 7) is 1.75. The number of aromatic nitrogens is 1. The van der Waals surface area contributed by atoms with Crippen molar-refractivity contribution in [1.82, 2.24) is 9.47 Å². The maximum absolute atomic E-state index is 13.0. The molecule has 6 N–H and O–H groups in total. The number of halogens is 1. The number of hydrogen-bond acceptors (Lipinski definition) is 6. The summed E-state index contributed by atoms with van der Waals surface area (Å²) in [6, 6.07) is 11.9. The molecule has 0 saturated carbocycles. The Labute approximate surface area is 217 Å². The molecule has 0 radical (unpaired) electrons. The van der Waals surface area contributed by atoms with Gasteiger partial charge in [0, 0.05) is 35.3 Å². The molecule has 3 aromatic rings. The van der Waals surface area contributed by atoms with Gasteiger partial charge in [-0.2, -0.15) is 0 Å². The first-order valence-corrected chi connectivity index (χ1v) is 12.6. The van der Waals surface area contributed by atoms with Gasteiger partial charge in [0.1, 0.15) is 5.75 Å². The predicted molar refractivity (Wildman–Crippen MR) is 138 cm³/mol. The second-order valence-corrected chi connectivity index (χ2v) is 9.47. The van der Waals surface area contributed by atoms with Crippen LogP contribution in [0, 0.1) is 12.3 Å². The van der Waals surface area contributed by atoms with Crippen molar-refractivity contribution in [2.75, 3.05) is 27.3 Å². The number of guanidine groups is 1. The van der Waals surface area contributed by atoms with Crippen molar-refractivity contribution in [3.63, 3.8) is 0 Å². The van der Waals surface area contributed by atoms with Gasteiger partial charge in [0.2, 0.25) is 0 Å². The molecule has 1 aromatic heterocycles. The molecule has 0 atom stereocenters. The fourth-order valence-electron chi connectivity index (χ4n) is 3.36. The molecule has 37 heavy (non-hydrogen) atoms. The Morgan fingerprint density at radius 1 is 1.19 bits per heavy atom. The molecule has 0 unspecified atom stereocenters. The topological polar surface area (TPSA) is 188 Å². The molecular weight excluding hydrogens is 527 g/mol. The van der Waals surface area contributed by atoms with Crippen LogP contribution in [0.25, 0.3) is 10.9 Å². The highest BCUT2D eigenvalue weighted by atomic mass is 35.5. The van der Waals surface area contributed by atoms with Crippen LogP contribution in [0.4, 0.5) is 0 Å². The lowest BCUT2D eigenvalue weighted by atomic mass is 10.1. The van der Waals surface area contributed by atoms with Crippen molar-refractivity contribution >= 4 is 48.2 Å². The number of benzene rings is 2. The number of rotatable bonds is 8. The van der Waals surface area contributed by atoms with E-state index < -0.39 is 13.8 Å². The third-order valence-corrected chi connectivity index (χ3v) is 6.03. The maximum Gasteiger partial charge on any atom is 0.469 e. The van der Waals surface area contributed by atoms with Crippen molar-refractivity contribution in [3.8, 4) is 5.75 Å². The molecule has 14 heteroatoms. The number of ether oxygens (including phenoxy) is 1. The molecule has 0 amide bonds. The second-order valence-electron chi connectivity index (χ2n) is 7.80. The summed E-state index contributed by atoms with van der Waals surface area (Å²) >= 11 is 5.89. The van der Waals surface area contributed by atoms with Crippen LogP contribution in [-0.4, -0.2) is 69.5 Å². The average Bonchev–Trinajstić information content (AvgIpc) is 3.08. The molecular formula is C23H28ClN4O8P. The smallest absolute Gasteiger partial charge is 0.469 e. The minimum atomic E-state index is -4.39. The van der Waals surface area contributed by atoms with Gasteiger partial charge < -0.3 is 30.3 Å². The zero-order valence-corrected chi connectivity index (χ0v) is 22.0. The third kappa shape index (κ3) is 8.31. The average molecular weight is 555 g/mol. The van der Waals surface area contributed by atoms with Gasteiger partial charge in [-0.25, -0.2) is 4.57 Å². The van der Waals surface area contributed by atoms with Crippen LogP contribution >= 0.6 is 19.4 Å². The fourth-order valence-corrected chi connectivity index (χ4v) is 3.81. The quantitative estimate of drug-likeness (QED) is 0.157. The van der Waals surface area contributed by atoms with Gasteiger partial charge in [-0.15, -0.1) is 0 Å². The number of aliphatic carboxylic acids is 1. The van der Waals surface area contributed by atoms with Crippen LogP contribution in [0.2, 0.25) is 5.02 Å². The lowest BCUT2D eigenvalue weighted by Crippen LogP contribution is -2.35. The Balaban J connectivity index is 0.000000341. The van der Waals surface area contributed by atoms with Gasteiger partial charge in [-0.1, -0.05) is 11.6 Å². The number of carbonyl (C=O) groups is 2. The minimum absolute atomic E-state index is 0.166. The number of hydrogen-bond donors (Lipinski definition) is 5. The second kappa shape index (κ2) is 12.7. The number of nitrogens with zero attached hydrogens (tertiary/aromatic N) is 2. The monoisotopic (exact) mass is 554 g/mol. The summed E-state index contributed by atoms with van der Waals surface area (Å²) in [7, 11) is -1.33. The van der Waals surface area contributed by atoms with E-state index >= 15 is 0 Å². The van der Waals surface area contributed by atoms with E-state index in [0.717, 1.165) is 0 Å². The maximum atomic E-state index is 13.0. The summed E-state index contributed by atoms with van der Waals surface area (Å²) in [5, 5.41) is 17.4. The Bertz CT molecular complexity index is 1340. The van der Waals surface area contributed by atoms with Crippen LogP contribution in [0.3, 0.4) is 0 Å². The van der Waals surface area contributed by atoms with Gasteiger partial charge in [0.15, 0.2) is 5.96 Å². The number of nitrogens with one attached hydrogen (secondary N) is 1. The van der Waals surface area contributed by atoms with Gasteiger partial charge in [0.25, 0.3) is 5.91 Å². The summed E-state index contributed by atoms with van der Waals surface area (Å²) in [5.74, 6) is -0.760. The predicted octanol–water partition coefficient (Wildman–Crippen LogP) is 2.85. The Morgan fingerprint density at radius 3 is 2.32 bits per heavy atom. The van der Waals surface area contributed by atoms with Crippen molar-refractivity contribution in [2.45, 2.75) is 13.3 Å². The van der Waals surface area contributed by atoms with Crippen LogP contribution in [-0.2, 0) is 20.3 Å². The molecule has 3 rings (SSSR count). The summed E-state index contributed by atoms with van der Waals surface area (Å²) in [4.78, 5) is 42.1. The highest BCUT2D eigenvalue weighted by Gasteiger charge is 2.21. The van der Waals surface area contributed by atoms with Crippen LogP contribution in [0.5, 0.6) is 5.75 Å². The molecule has 12 nitrogen and oxygen atoms in total. The highest BCUT2D eigenvalue weighted by molar-refractivity contribution is 7.46. The molecule has 0 aliphatic heterocycles. The number of nitrogens with two attached hydrogens (primary N) is 1. The highest BCUT2D eigenvalue weighted by Crippen LogP contribution is 2.35. The van der Waals surface area contributed by atoms with E-state index in [1.807, 2.05) is 0 Å². The number of carbonyl (C=O) groups excluding carboxylic acids is 1. The van der Waals surface area contributed by atoms with E-state index in [9.17, 15) is 19.3 Å². The van der Waals surface area contributed by atoms with Gasteiger partial charge >= 0.3 is 13.8 Å². The lowest BCUT2D eigenvalue weighted by Gasteiger charge is -2.16. The normalized spacial score (nSPS) is 11.0. The number of carboxylic acid groups (broad SMARTS) is 1. The molecule has 200 valence electrons. The van der Waals surface area contributed by atoms with E-state index in [2.05, 4.69) is 4.52 Å². The first-order chi connectivity index (χ1) is 17.2. The van der Waals surface area contributed by atoms with E-state index in [0.29, 0.717) is 38.5 Å². The summed E-state index contributed by atoms with van der Waals surface area (Å²) in [5.41, 5.74) is 7.37. The van der Waals surface area contributed by atoms with Crippen molar-refractivity contribution in [1.29, 1.82) is 5.41 Å². The van der Waals surface area contributed by atoms with Gasteiger partial charge in [0.05, 0.1) is 25.7 Å². The number of carboxylic acids is 1. The largest absolute Gasteiger partial charge is 0.497 e. The van der Waals surface area contributed by atoms with E-state index in [1.165, 1.54) is 16.5 Å². The number of likely N-dealkylation sites (N-methyl/N-ethyl adjacent to an activating group) is 1. The first-order valence-electron chi connectivity index (χ1n) is 10.7. The zero-order chi connectivity index (χ0) is 27.9. The molecule has 0 bridgehead atoms. The van der Waals surface area contributed by atoms with Crippen LogP contribution in [0.15, 0.2) is 42.5 Å². The number of phosphoric acid groups is 1. The van der Waals surface area contributed by atoms with E-state index in [4.69, 9.17) is 37.3 Å². The molecule has 0 saturated heterocycles. The van der Waals surface area contributed by atoms with Crippen molar-refractivity contribution < 1.29 is 38.3 Å². The molecule has 0 aliphatic carbocycles. The minimum Gasteiger partial charge on any atom is -0.497 e. The van der Waals surface area contributed by atoms with E-state index in [1.54, 1.807) is 56.5 Å². The Kier molecular flexibility index (Phi) is 10.2. The Hall–Kier alpha value is -3.41. The van der Waals surface area contributed by atoms with Crippen molar-refractivity contribution in [2.24, 2.45) is 5.73 Å². The van der Waals surface area contributed by atoms with Crippen LogP contribution < -0.4 is 10.5 Å². The SMILES string of the molecule is CN(CCOP(=O)(O)O)C(=N)N.COc1ccc2c(c1)c(CC(=O)O)c(C)n2C(=O)c1ccc(Cl)cc1. The van der Waals surface area contributed by atoms with Gasteiger partial charge in [-0.3, -0.25) is 24.1 Å². The molecule has 2 aromatic carbocycles. The van der Waals surface area contributed by atoms with E-state index in [-0.39, 0.29) is 31.4 Å². The molecule has 0 aliphatic rings. The third-order valence-electron chi connectivity index (χ3n) is 5.26. The first kappa shape index (κ1) is 29.8. The lowest BCUT2D eigenvalue weighted by molar-refractivity contribution is -0.136. The fraction of sp³-hybridized carbons (Fsp3) is 0.261. The number of phosphoric ester groups is 1. The zero-order valence-electron chi connectivity index (χ0n) is 20.3.